The van der Waals surface area contributed by atoms with Crippen molar-refractivity contribution in [1.82, 2.24) is 10.0 Å². The molecule has 1 unspecified atom stereocenters. The molecule has 1 aliphatic rings. The quantitative estimate of drug-likeness (QED) is 0.847. The van der Waals surface area contributed by atoms with Crippen LogP contribution in [0.15, 0.2) is 23.1 Å². The van der Waals surface area contributed by atoms with Gasteiger partial charge in [-0.1, -0.05) is 0 Å². The monoisotopic (exact) mass is 284 g/mol. The van der Waals surface area contributed by atoms with Crippen LogP contribution < -0.4 is 14.8 Å². The highest BCUT2D eigenvalue weighted by molar-refractivity contribution is 7.89. The maximum absolute atomic E-state index is 12.2. The van der Waals surface area contributed by atoms with E-state index < -0.39 is 10.0 Å². The van der Waals surface area contributed by atoms with Gasteiger partial charge >= 0.3 is 0 Å². The minimum Gasteiger partial charge on any atom is -0.494 e. The van der Waals surface area contributed by atoms with E-state index in [9.17, 15) is 8.42 Å². The molecule has 1 aromatic carbocycles. The molecule has 19 heavy (non-hydrogen) atoms. The van der Waals surface area contributed by atoms with E-state index in [4.69, 9.17) is 4.74 Å². The molecule has 106 valence electrons. The molecule has 1 saturated heterocycles. The number of aryl methyl sites for hydroxylation is 1. The van der Waals surface area contributed by atoms with Gasteiger partial charge in [0.15, 0.2) is 0 Å². The molecule has 0 saturated carbocycles. The van der Waals surface area contributed by atoms with Gasteiger partial charge in [0, 0.05) is 12.6 Å². The fourth-order valence-electron chi connectivity index (χ4n) is 2.15. The molecule has 1 aromatic rings. The van der Waals surface area contributed by atoms with Crippen molar-refractivity contribution in [3.8, 4) is 5.75 Å². The molecule has 2 N–H and O–H groups in total. The zero-order valence-corrected chi connectivity index (χ0v) is 12.1. The zero-order chi connectivity index (χ0) is 13.9. The molecule has 2 rings (SSSR count). The van der Waals surface area contributed by atoms with Gasteiger partial charge in [0.2, 0.25) is 10.0 Å². The van der Waals surface area contributed by atoms with Crippen molar-refractivity contribution in [2.24, 2.45) is 0 Å². The molecule has 0 amide bonds. The fraction of sp³-hybridized carbons (Fsp3) is 0.538. The minimum atomic E-state index is -3.44. The molecule has 5 nitrogen and oxygen atoms in total. The zero-order valence-electron chi connectivity index (χ0n) is 11.3. The van der Waals surface area contributed by atoms with Crippen LogP contribution in [0.4, 0.5) is 0 Å². The van der Waals surface area contributed by atoms with E-state index in [2.05, 4.69) is 10.0 Å². The molecule has 1 aliphatic heterocycles. The number of ether oxygens (including phenoxy) is 1. The third kappa shape index (κ3) is 3.46. The molecule has 0 bridgehead atoms. The highest BCUT2D eigenvalue weighted by Gasteiger charge is 2.23. The average Bonchev–Trinajstić information content (AvgIpc) is 2.84. The number of rotatable bonds is 5. The van der Waals surface area contributed by atoms with Crippen molar-refractivity contribution >= 4 is 10.0 Å². The molecule has 0 aliphatic carbocycles. The number of benzene rings is 1. The Balaban J connectivity index is 2.17. The SMILES string of the molecule is CCOc1ccc(S(=O)(=O)NC2CCNC2)cc1C. The predicted octanol–water partition coefficient (Wildman–Crippen LogP) is 1.03. The minimum absolute atomic E-state index is 0.0168. The number of nitrogens with one attached hydrogen (secondary N) is 2. The Kier molecular flexibility index (Phi) is 4.44. The van der Waals surface area contributed by atoms with Crippen LogP contribution >= 0.6 is 0 Å². The van der Waals surface area contributed by atoms with E-state index in [1.54, 1.807) is 18.2 Å². The van der Waals surface area contributed by atoms with Crippen LogP contribution in [0.25, 0.3) is 0 Å². The van der Waals surface area contributed by atoms with Gasteiger partial charge in [0.1, 0.15) is 5.75 Å². The Bertz CT molecular complexity index is 537. The number of sulfonamides is 1. The topological polar surface area (TPSA) is 67.4 Å². The maximum atomic E-state index is 12.2. The maximum Gasteiger partial charge on any atom is 0.240 e. The van der Waals surface area contributed by atoms with Gasteiger partial charge in [-0.15, -0.1) is 0 Å². The first-order valence-corrected chi connectivity index (χ1v) is 7.97. The normalized spacial score (nSPS) is 19.6. The molecule has 6 heteroatoms. The van der Waals surface area contributed by atoms with Crippen LogP contribution in [0, 0.1) is 6.92 Å². The molecule has 0 aromatic heterocycles. The predicted molar refractivity (Wildman–Crippen MR) is 73.9 cm³/mol. The summed E-state index contributed by atoms with van der Waals surface area (Å²) < 4.78 is 32.6. The lowest BCUT2D eigenvalue weighted by molar-refractivity contribution is 0.337. The van der Waals surface area contributed by atoms with Crippen LogP contribution in [0.1, 0.15) is 18.9 Å². The van der Waals surface area contributed by atoms with Gasteiger partial charge in [0.25, 0.3) is 0 Å². The second kappa shape index (κ2) is 5.90. The Morgan fingerprint density at radius 2 is 2.26 bits per heavy atom. The highest BCUT2D eigenvalue weighted by atomic mass is 32.2. The Morgan fingerprint density at radius 3 is 2.84 bits per heavy atom. The molecule has 1 heterocycles. The van der Waals surface area contributed by atoms with Gasteiger partial charge in [0.05, 0.1) is 11.5 Å². The van der Waals surface area contributed by atoms with Crippen LogP contribution in [-0.4, -0.2) is 34.2 Å². The summed E-state index contributed by atoms with van der Waals surface area (Å²) in [7, 11) is -3.44. The van der Waals surface area contributed by atoms with Crippen LogP contribution in [0.5, 0.6) is 5.75 Å². The van der Waals surface area contributed by atoms with Gasteiger partial charge in [-0.2, -0.15) is 0 Å². The largest absolute Gasteiger partial charge is 0.494 e. The van der Waals surface area contributed by atoms with Gasteiger partial charge in [-0.3, -0.25) is 0 Å². The van der Waals surface area contributed by atoms with Gasteiger partial charge in [-0.25, -0.2) is 13.1 Å². The van der Waals surface area contributed by atoms with Crippen molar-refractivity contribution in [3.05, 3.63) is 23.8 Å². The summed E-state index contributed by atoms with van der Waals surface area (Å²) in [6, 6.07) is 4.93. The van der Waals surface area contributed by atoms with Crippen molar-refractivity contribution in [2.75, 3.05) is 19.7 Å². The summed E-state index contributed by atoms with van der Waals surface area (Å²) in [5.41, 5.74) is 0.828. The van der Waals surface area contributed by atoms with Crippen LogP contribution in [-0.2, 0) is 10.0 Å². The van der Waals surface area contributed by atoms with Crippen LogP contribution in [0.2, 0.25) is 0 Å². The van der Waals surface area contributed by atoms with Gasteiger partial charge < -0.3 is 10.1 Å². The third-order valence-electron chi connectivity index (χ3n) is 3.14. The summed E-state index contributed by atoms with van der Waals surface area (Å²) in [6.45, 7) is 5.86. The van der Waals surface area contributed by atoms with E-state index in [1.807, 2.05) is 13.8 Å². The summed E-state index contributed by atoms with van der Waals surface area (Å²) in [4.78, 5) is 0.292. The fourth-order valence-corrected chi connectivity index (χ4v) is 3.50. The third-order valence-corrected chi connectivity index (χ3v) is 4.66. The Morgan fingerprint density at radius 1 is 1.47 bits per heavy atom. The molecular weight excluding hydrogens is 264 g/mol. The second-order valence-electron chi connectivity index (χ2n) is 4.67. The number of hydrogen-bond acceptors (Lipinski definition) is 4. The summed E-state index contributed by atoms with van der Waals surface area (Å²) in [5, 5.41) is 3.14. The molecule has 0 radical (unpaired) electrons. The van der Waals surface area contributed by atoms with Gasteiger partial charge in [-0.05, 0) is 50.6 Å². The highest BCUT2D eigenvalue weighted by Crippen LogP contribution is 2.22. The van der Waals surface area contributed by atoms with Crippen molar-refractivity contribution in [3.63, 3.8) is 0 Å². The first-order chi connectivity index (χ1) is 9.03. The van der Waals surface area contributed by atoms with E-state index >= 15 is 0 Å². The Labute approximate surface area is 114 Å². The summed E-state index contributed by atoms with van der Waals surface area (Å²) >= 11 is 0. The van der Waals surface area contributed by atoms with Crippen molar-refractivity contribution < 1.29 is 13.2 Å². The molecule has 0 spiro atoms. The summed E-state index contributed by atoms with van der Waals surface area (Å²) in [6.07, 6.45) is 0.829. The average molecular weight is 284 g/mol. The standard InChI is InChI=1S/C13H20N2O3S/c1-3-18-13-5-4-12(8-10(13)2)19(16,17)15-11-6-7-14-9-11/h4-5,8,11,14-15H,3,6-7,9H2,1-2H3. The van der Waals surface area contributed by atoms with E-state index in [0.717, 1.165) is 24.3 Å². The summed E-state index contributed by atoms with van der Waals surface area (Å²) in [5.74, 6) is 0.726. The smallest absolute Gasteiger partial charge is 0.240 e. The van der Waals surface area contributed by atoms with Crippen molar-refractivity contribution in [1.29, 1.82) is 0 Å². The molecule has 1 fully saturated rings. The second-order valence-corrected chi connectivity index (χ2v) is 6.39. The Hall–Kier alpha value is -1.11. The van der Waals surface area contributed by atoms with E-state index in [-0.39, 0.29) is 6.04 Å². The van der Waals surface area contributed by atoms with Crippen molar-refractivity contribution in [2.45, 2.75) is 31.2 Å². The van der Waals surface area contributed by atoms with E-state index in [0.29, 0.717) is 18.0 Å². The molecular formula is C13H20N2O3S. The number of hydrogen-bond donors (Lipinski definition) is 2. The molecule has 1 atom stereocenters. The van der Waals surface area contributed by atoms with E-state index in [1.165, 1.54) is 0 Å². The lowest BCUT2D eigenvalue weighted by Crippen LogP contribution is -2.36. The first-order valence-electron chi connectivity index (χ1n) is 6.49. The lowest BCUT2D eigenvalue weighted by atomic mass is 10.2. The lowest BCUT2D eigenvalue weighted by Gasteiger charge is -2.13. The van der Waals surface area contributed by atoms with Crippen LogP contribution in [0.3, 0.4) is 0 Å². The first kappa shape index (κ1) is 14.3.